The van der Waals surface area contributed by atoms with Gasteiger partial charge in [0.15, 0.2) is 0 Å². The molecule has 0 bridgehead atoms. The van der Waals surface area contributed by atoms with Crippen molar-refractivity contribution < 1.29 is 14.3 Å². The molecule has 0 N–H and O–H groups in total. The fourth-order valence-electron chi connectivity index (χ4n) is 3.36. The Kier molecular flexibility index (Phi) is 4.85. The molecule has 1 saturated carbocycles. The first-order valence-corrected chi connectivity index (χ1v) is 7.53. The molecular weight excluding hydrogens is 242 g/mol. The maximum atomic E-state index is 11.4. The second-order valence-electron chi connectivity index (χ2n) is 6.27. The SMILES string of the molecule is COC(=O)CN(CC1CCC2(CCCC2)O1)C(C)C. The van der Waals surface area contributed by atoms with Crippen LogP contribution in [0.4, 0.5) is 0 Å². The molecule has 2 aliphatic rings. The van der Waals surface area contributed by atoms with Crippen LogP contribution in [0.25, 0.3) is 0 Å². The maximum Gasteiger partial charge on any atom is 0.319 e. The van der Waals surface area contributed by atoms with Gasteiger partial charge in [0.1, 0.15) is 0 Å². The number of carbonyl (C=O) groups excluding carboxylic acids is 1. The van der Waals surface area contributed by atoms with Crippen molar-refractivity contribution in [2.24, 2.45) is 0 Å². The van der Waals surface area contributed by atoms with Gasteiger partial charge in [0.2, 0.25) is 0 Å². The second-order valence-corrected chi connectivity index (χ2v) is 6.27. The van der Waals surface area contributed by atoms with Gasteiger partial charge in [0.05, 0.1) is 25.4 Å². The van der Waals surface area contributed by atoms with Crippen molar-refractivity contribution in [1.82, 2.24) is 4.90 Å². The van der Waals surface area contributed by atoms with E-state index in [9.17, 15) is 4.79 Å². The van der Waals surface area contributed by atoms with Crippen LogP contribution in [0.3, 0.4) is 0 Å². The van der Waals surface area contributed by atoms with E-state index in [2.05, 4.69) is 18.7 Å². The van der Waals surface area contributed by atoms with Crippen molar-refractivity contribution in [2.75, 3.05) is 20.2 Å². The molecule has 1 aliphatic carbocycles. The molecule has 2 rings (SSSR count). The molecule has 4 heteroatoms. The Morgan fingerprint density at radius 1 is 1.37 bits per heavy atom. The van der Waals surface area contributed by atoms with Gasteiger partial charge in [0.25, 0.3) is 0 Å². The van der Waals surface area contributed by atoms with E-state index in [0.29, 0.717) is 12.6 Å². The lowest BCUT2D eigenvalue weighted by atomic mass is 9.98. The highest BCUT2D eigenvalue weighted by atomic mass is 16.5. The number of rotatable bonds is 5. The van der Waals surface area contributed by atoms with E-state index < -0.39 is 0 Å². The van der Waals surface area contributed by atoms with Gasteiger partial charge in [-0.15, -0.1) is 0 Å². The van der Waals surface area contributed by atoms with Gasteiger partial charge in [-0.1, -0.05) is 12.8 Å². The first kappa shape index (κ1) is 14.8. The second kappa shape index (κ2) is 6.23. The molecule has 0 aromatic carbocycles. The zero-order valence-electron chi connectivity index (χ0n) is 12.5. The molecular formula is C15H27NO3. The van der Waals surface area contributed by atoms with Crippen LogP contribution in [0.5, 0.6) is 0 Å². The Morgan fingerprint density at radius 3 is 2.63 bits per heavy atom. The van der Waals surface area contributed by atoms with Crippen LogP contribution in [0.15, 0.2) is 0 Å². The summed E-state index contributed by atoms with van der Waals surface area (Å²) in [6, 6.07) is 0.336. The minimum atomic E-state index is -0.165. The predicted molar refractivity (Wildman–Crippen MR) is 74.0 cm³/mol. The predicted octanol–water partition coefficient (Wildman–Crippen LogP) is 2.36. The first-order valence-electron chi connectivity index (χ1n) is 7.53. The minimum Gasteiger partial charge on any atom is -0.468 e. The molecule has 0 aromatic rings. The van der Waals surface area contributed by atoms with Gasteiger partial charge in [-0.3, -0.25) is 9.69 Å². The number of hydrogen-bond donors (Lipinski definition) is 0. The van der Waals surface area contributed by atoms with Crippen LogP contribution in [0.1, 0.15) is 52.4 Å². The number of ether oxygens (including phenoxy) is 2. The van der Waals surface area contributed by atoms with Crippen LogP contribution in [0.2, 0.25) is 0 Å². The van der Waals surface area contributed by atoms with Crippen LogP contribution in [-0.4, -0.2) is 48.8 Å². The van der Waals surface area contributed by atoms with Gasteiger partial charge in [-0.05, 0) is 39.5 Å². The lowest BCUT2D eigenvalue weighted by Gasteiger charge is -2.30. The minimum absolute atomic E-state index is 0.165. The van der Waals surface area contributed by atoms with Gasteiger partial charge in [-0.25, -0.2) is 0 Å². The van der Waals surface area contributed by atoms with Gasteiger partial charge in [-0.2, -0.15) is 0 Å². The number of methoxy groups -OCH3 is 1. The Bertz CT molecular complexity index is 311. The molecule has 1 saturated heterocycles. The van der Waals surface area contributed by atoms with Crippen molar-refractivity contribution in [3.63, 3.8) is 0 Å². The molecule has 1 aliphatic heterocycles. The fraction of sp³-hybridized carbons (Fsp3) is 0.933. The lowest BCUT2D eigenvalue weighted by Crippen LogP contribution is -2.42. The molecule has 1 atom stereocenters. The summed E-state index contributed by atoms with van der Waals surface area (Å²) in [5.41, 5.74) is 0.179. The van der Waals surface area contributed by atoms with E-state index in [0.717, 1.165) is 13.0 Å². The standard InChI is InChI=1S/C15H27NO3/c1-12(2)16(11-14(17)18-3)10-13-6-9-15(19-13)7-4-5-8-15/h12-13H,4-11H2,1-3H3. The Hall–Kier alpha value is -0.610. The molecule has 1 spiro atoms. The van der Waals surface area contributed by atoms with Gasteiger partial charge in [0, 0.05) is 12.6 Å². The van der Waals surface area contributed by atoms with Crippen molar-refractivity contribution in [3.05, 3.63) is 0 Å². The summed E-state index contributed by atoms with van der Waals surface area (Å²) in [6.45, 7) is 5.43. The van der Waals surface area contributed by atoms with E-state index in [1.165, 1.54) is 39.2 Å². The maximum absolute atomic E-state index is 11.4. The highest BCUT2D eigenvalue weighted by molar-refractivity contribution is 5.71. The zero-order valence-corrected chi connectivity index (χ0v) is 12.5. The third-order valence-corrected chi connectivity index (χ3v) is 4.58. The average molecular weight is 269 g/mol. The van der Waals surface area contributed by atoms with Crippen LogP contribution in [0, 0.1) is 0 Å². The molecule has 110 valence electrons. The van der Waals surface area contributed by atoms with E-state index >= 15 is 0 Å². The molecule has 0 radical (unpaired) electrons. The fourth-order valence-corrected chi connectivity index (χ4v) is 3.36. The topological polar surface area (TPSA) is 38.8 Å². The van der Waals surface area contributed by atoms with Gasteiger partial charge >= 0.3 is 5.97 Å². The average Bonchev–Trinajstić information content (AvgIpc) is 2.99. The molecule has 1 heterocycles. The molecule has 0 amide bonds. The van der Waals surface area contributed by atoms with E-state index in [4.69, 9.17) is 9.47 Å². The van der Waals surface area contributed by atoms with Crippen molar-refractivity contribution in [2.45, 2.75) is 70.1 Å². The van der Waals surface area contributed by atoms with Crippen molar-refractivity contribution >= 4 is 5.97 Å². The molecule has 0 aromatic heterocycles. The van der Waals surface area contributed by atoms with E-state index in [1.54, 1.807) is 0 Å². The largest absolute Gasteiger partial charge is 0.468 e. The van der Waals surface area contributed by atoms with Crippen LogP contribution >= 0.6 is 0 Å². The summed E-state index contributed by atoms with van der Waals surface area (Å²) in [5.74, 6) is -0.165. The van der Waals surface area contributed by atoms with Crippen LogP contribution in [-0.2, 0) is 14.3 Å². The lowest BCUT2D eigenvalue weighted by molar-refractivity contribution is -0.143. The van der Waals surface area contributed by atoms with E-state index in [-0.39, 0.29) is 17.7 Å². The third kappa shape index (κ3) is 3.69. The summed E-state index contributed by atoms with van der Waals surface area (Å²) in [5, 5.41) is 0. The summed E-state index contributed by atoms with van der Waals surface area (Å²) >= 11 is 0. The molecule has 4 nitrogen and oxygen atoms in total. The van der Waals surface area contributed by atoms with Crippen LogP contribution < -0.4 is 0 Å². The van der Waals surface area contributed by atoms with Crippen molar-refractivity contribution in [3.8, 4) is 0 Å². The number of nitrogens with zero attached hydrogens (tertiary/aromatic N) is 1. The summed E-state index contributed by atoms with van der Waals surface area (Å²) < 4.78 is 11.1. The Balaban J connectivity index is 1.86. The molecule has 19 heavy (non-hydrogen) atoms. The summed E-state index contributed by atoms with van der Waals surface area (Å²) in [4.78, 5) is 13.6. The molecule has 2 fully saturated rings. The first-order chi connectivity index (χ1) is 9.04. The number of hydrogen-bond acceptors (Lipinski definition) is 4. The Morgan fingerprint density at radius 2 is 2.05 bits per heavy atom. The number of carbonyl (C=O) groups is 1. The van der Waals surface area contributed by atoms with Crippen molar-refractivity contribution in [1.29, 1.82) is 0 Å². The zero-order chi connectivity index (χ0) is 13.9. The number of esters is 1. The van der Waals surface area contributed by atoms with E-state index in [1.807, 2.05) is 0 Å². The smallest absolute Gasteiger partial charge is 0.319 e. The normalized spacial score (nSPS) is 25.6. The highest BCUT2D eigenvalue weighted by Crippen LogP contribution is 2.43. The summed E-state index contributed by atoms with van der Waals surface area (Å²) in [6.07, 6.45) is 7.67. The third-order valence-electron chi connectivity index (χ3n) is 4.58. The highest BCUT2D eigenvalue weighted by Gasteiger charge is 2.42. The molecule has 1 unspecified atom stereocenters. The quantitative estimate of drug-likeness (QED) is 0.718. The summed E-state index contributed by atoms with van der Waals surface area (Å²) in [7, 11) is 1.44. The van der Waals surface area contributed by atoms with Gasteiger partial charge < -0.3 is 9.47 Å². The Labute approximate surface area is 116 Å². The monoisotopic (exact) mass is 269 g/mol.